The molecule has 0 saturated heterocycles. The first-order chi connectivity index (χ1) is 9.09. The Labute approximate surface area is 130 Å². The maximum atomic E-state index is 2.67. The minimum atomic E-state index is -1.14. The van der Waals surface area contributed by atoms with Crippen LogP contribution >= 0.6 is 0 Å². The quantitative estimate of drug-likeness (QED) is 0.318. The molecular weight excluding hydrogens is 272 g/mol. The first-order valence-electron chi connectivity index (χ1n) is 8.53. The molecule has 0 nitrogen and oxygen atoms in total. The molecule has 0 amide bonds. The molecule has 0 aromatic carbocycles. The van der Waals surface area contributed by atoms with Gasteiger partial charge >= 0.3 is 0 Å². The zero-order valence-electron chi connectivity index (χ0n) is 15.4. The molecule has 0 aromatic rings. The van der Waals surface area contributed by atoms with Crippen LogP contribution in [0.4, 0.5) is 0 Å². The van der Waals surface area contributed by atoms with E-state index in [1.54, 1.807) is 11.1 Å². The molecule has 0 aromatic heterocycles. The van der Waals surface area contributed by atoms with Crippen molar-refractivity contribution in [2.75, 3.05) is 0 Å². The second-order valence-electron chi connectivity index (χ2n) is 8.28. The van der Waals surface area contributed by atoms with Crippen LogP contribution in [0.3, 0.4) is 0 Å². The van der Waals surface area contributed by atoms with Crippen molar-refractivity contribution in [3.63, 3.8) is 0 Å². The van der Waals surface area contributed by atoms with Crippen LogP contribution in [-0.2, 0) is 0 Å². The first kappa shape index (κ1) is 19.9. The van der Waals surface area contributed by atoms with Gasteiger partial charge in [0.25, 0.3) is 0 Å². The molecule has 0 rings (SSSR count). The van der Waals surface area contributed by atoms with Gasteiger partial charge in [0.1, 0.15) is 0 Å². The van der Waals surface area contributed by atoms with Crippen molar-refractivity contribution >= 4 is 16.1 Å². The summed E-state index contributed by atoms with van der Waals surface area (Å²) in [6.45, 7) is 19.4. The smallest absolute Gasteiger partial charge is 0.0690 e. The van der Waals surface area contributed by atoms with Crippen LogP contribution in [0.25, 0.3) is 0 Å². The van der Waals surface area contributed by atoms with E-state index in [1.807, 2.05) is 0 Å². The van der Waals surface area contributed by atoms with Crippen LogP contribution in [-0.4, -0.2) is 16.1 Å². The fraction of sp³-hybridized carbons (Fsp3) is 0.778. The lowest BCUT2D eigenvalue weighted by Crippen LogP contribution is -2.20. The molecule has 0 radical (unpaired) electrons. The van der Waals surface area contributed by atoms with Gasteiger partial charge in [-0.1, -0.05) is 88.5 Å². The molecule has 0 aliphatic carbocycles. The maximum Gasteiger partial charge on any atom is 0.0690 e. The standard InChI is InChI=1S/C18H38Si2/c1-9-11-13-17(15-19(3,4)5)18(14-12-10-2)16-20(6,7)8/h15-16H,9-14H2,1-8H3/b17-15+,18-16+. The highest BCUT2D eigenvalue weighted by atomic mass is 28.3. The van der Waals surface area contributed by atoms with Gasteiger partial charge in [0.05, 0.1) is 16.1 Å². The van der Waals surface area contributed by atoms with Gasteiger partial charge in [0.15, 0.2) is 0 Å². The minimum absolute atomic E-state index is 1.14. The van der Waals surface area contributed by atoms with E-state index >= 15 is 0 Å². The third kappa shape index (κ3) is 10.7. The van der Waals surface area contributed by atoms with Gasteiger partial charge in [-0.25, -0.2) is 0 Å². The summed E-state index contributed by atoms with van der Waals surface area (Å²) in [5.74, 6) is 0. The van der Waals surface area contributed by atoms with Gasteiger partial charge in [-0.15, -0.1) is 0 Å². The van der Waals surface area contributed by atoms with Crippen LogP contribution in [0.2, 0.25) is 39.3 Å². The van der Waals surface area contributed by atoms with Crippen LogP contribution in [0.5, 0.6) is 0 Å². The van der Waals surface area contributed by atoms with Crippen LogP contribution < -0.4 is 0 Å². The number of unbranched alkanes of at least 4 members (excludes halogenated alkanes) is 2. The molecule has 118 valence electrons. The highest BCUT2D eigenvalue weighted by Crippen LogP contribution is 2.26. The van der Waals surface area contributed by atoms with Crippen molar-refractivity contribution in [1.82, 2.24) is 0 Å². The molecule has 0 heterocycles. The Morgan fingerprint density at radius 1 is 0.650 bits per heavy atom. The minimum Gasteiger partial charge on any atom is -0.0916 e. The Bertz CT molecular complexity index is 290. The number of allylic oxidation sites excluding steroid dienone is 2. The molecule has 0 atom stereocenters. The van der Waals surface area contributed by atoms with E-state index in [0.717, 1.165) is 0 Å². The van der Waals surface area contributed by atoms with Crippen molar-refractivity contribution in [3.05, 3.63) is 22.5 Å². The monoisotopic (exact) mass is 310 g/mol. The number of rotatable bonds is 9. The summed E-state index contributed by atoms with van der Waals surface area (Å²) >= 11 is 0. The SMILES string of the molecule is CCCCC(=C\[Si](C)(C)C)/C(=C/[Si](C)(C)C)CCCC. The maximum absolute atomic E-state index is 2.67. The fourth-order valence-corrected chi connectivity index (χ4v) is 5.18. The van der Waals surface area contributed by atoms with E-state index in [9.17, 15) is 0 Å². The van der Waals surface area contributed by atoms with Gasteiger partial charge in [-0.2, -0.15) is 0 Å². The van der Waals surface area contributed by atoms with Crippen LogP contribution in [0, 0.1) is 0 Å². The molecule has 0 spiro atoms. The Kier molecular flexibility index (Phi) is 9.00. The summed E-state index contributed by atoms with van der Waals surface area (Å²) in [5.41, 5.74) is 8.73. The molecular formula is C18H38Si2. The number of hydrogen-bond donors (Lipinski definition) is 0. The highest BCUT2D eigenvalue weighted by molar-refractivity contribution is 6.81. The molecule has 0 fully saturated rings. The normalized spacial score (nSPS) is 14.8. The van der Waals surface area contributed by atoms with E-state index in [0.29, 0.717) is 0 Å². The first-order valence-corrected chi connectivity index (χ1v) is 15.7. The molecule has 20 heavy (non-hydrogen) atoms. The zero-order valence-corrected chi connectivity index (χ0v) is 17.4. The average molecular weight is 311 g/mol. The van der Waals surface area contributed by atoms with Gasteiger partial charge in [0.2, 0.25) is 0 Å². The highest BCUT2D eigenvalue weighted by Gasteiger charge is 2.17. The second kappa shape index (κ2) is 9.04. The molecule has 0 unspecified atom stereocenters. The molecule has 0 bridgehead atoms. The van der Waals surface area contributed by atoms with Gasteiger partial charge in [0, 0.05) is 0 Å². The zero-order chi connectivity index (χ0) is 15.8. The van der Waals surface area contributed by atoms with Crippen molar-refractivity contribution in [2.45, 2.75) is 91.7 Å². The third-order valence-corrected chi connectivity index (χ3v) is 5.66. The molecule has 0 aliphatic heterocycles. The summed E-state index contributed by atoms with van der Waals surface area (Å²) in [4.78, 5) is 0. The van der Waals surface area contributed by atoms with E-state index in [2.05, 4.69) is 64.5 Å². The Morgan fingerprint density at radius 3 is 1.15 bits per heavy atom. The van der Waals surface area contributed by atoms with Gasteiger partial charge in [-0.05, 0) is 25.7 Å². The molecule has 0 N–H and O–H groups in total. The molecule has 0 aliphatic rings. The number of hydrogen-bond acceptors (Lipinski definition) is 0. The largest absolute Gasteiger partial charge is 0.0916 e. The van der Waals surface area contributed by atoms with Crippen molar-refractivity contribution in [3.8, 4) is 0 Å². The third-order valence-electron chi connectivity index (χ3n) is 3.23. The van der Waals surface area contributed by atoms with Crippen LogP contribution in [0.1, 0.15) is 52.4 Å². The van der Waals surface area contributed by atoms with Crippen molar-refractivity contribution in [2.24, 2.45) is 0 Å². The van der Waals surface area contributed by atoms with Gasteiger partial charge in [-0.3, -0.25) is 0 Å². The summed E-state index contributed by atoms with van der Waals surface area (Å²) in [5, 5.41) is 0. The lowest BCUT2D eigenvalue weighted by atomic mass is 9.99. The summed E-state index contributed by atoms with van der Waals surface area (Å²) in [7, 11) is -2.27. The lowest BCUT2D eigenvalue weighted by molar-refractivity contribution is 0.754. The topological polar surface area (TPSA) is 0 Å². The summed E-state index contributed by atoms with van der Waals surface area (Å²) in [6, 6.07) is 0. The Balaban J connectivity index is 5.39. The predicted octanol–water partition coefficient (Wildman–Crippen LogP) is 6.97. The lowest BCUT2D eigenvalue weighted by Gasteiger charge is -2.21. The van der Waals surface area contributed by atoms with E-state index < -0.39 is 16.1 Å². The van der Waals surface area contributed by atoms with Crippen molar-refractivity contribution in [1.29, 1.82) is 0 Å². The summed E-state index contributed by atoms with van der Waals surface area (Å²) in [6.07, 6.45) is 7.87. The van der Waals surface area contributed by atoms with Crippen LogP contribution in [0.15, 0.2) is 22.5 Å². The van der Waals surface area contributed by atoms with E-state index in [1.165, 1.54) is 38.5 Å². The Morgan fingerprint density at radius 2 is 0.950 bits per heavy atom. The van der Waals surface area contributed by atoms with E-state index in [-0.39, 0.29) is 0 Å². The van der Waals surface area contributed by atoms with E-state index in [4.69, 9.17) is 0 Å². The average Bonchev–Trinajstić information content (AvgIpc) is 2.27. The second-order valence-corrected chi connectivity index (χ2v) is 18.3. The predicted molar refractivity (Wildman–Crippen MR) is 102 cm³/mol. The van der Waals surface area contributed by atoms with Gasteiger partial charge < -0.3 is 0 Å². The fourth-order valence-electron chi connectivity index (χ4n) is 2.43. The van der Waals surface area contributed by atoms with Crippen molar-refractivity contribution < 1.29 is 0 Å². The summed E-state index contributed by atoms with van der Waals surface area (Å²) < 4.78 is 0. The Hall–Kier alpha value is -0.0862. The molecule has 0 saturated carbocycles. The molecule has 2 heteroatoms.